The molecule has 1 aliphatic heterocycles. The first kappa shape index (κ1) is 11.4. The van der Waals surface area contributed by atoms with Crippen LogP contribution in [-0.4, -0.2) is 48.3 Å². The predicted molar refractivity (Wildman–Crippen MR) is 61.9 cm³/mol. The van der Waals surface area contributed by atoms with E-state index in [4.69, 9.17) is 5.11 Å². The van der Waals surface area contributed by atoms with E-state index in [1.54, 1.807) is 0 Å². The van der Waals surface area contributed by atoms with Gasteiger partial charge in [0, 0.05) is 25.2 Å². The molecule has 0 radical (unpaired) electrons. The highest BCUT2D eigenvalue weighted by molar-refractivity contribution is 4.84. The molecular weight excluding hydrogens is 188 g/mol. The smallest absolute Gasteiger partial charge is 0.0558 e. The Balaban J connectivity index is 1.76. The minimum absolute atomic E-state index is 0.309. The maximum Gasteiger partial charge on any atom is 0.0558 e. The van der Waals surface area contributed by atoms with Gasteiger partial charge in [-0.15, -0.1) is 0 Å². The zero-order valence-electron chi connectivity index (χ0n) is 9.62. The Labute approximate surface area is 92.8 Å². The topological polar surface area (TPSA) is 35.5 Å². The zero-order valence-corrected chi connectivity index (χ0v) is 9.62. The maximum atomic E-state index is 9.07. The van der Waals surface area contributed by atoms with Gasteiger partial charge in [-0.3, -0.25) is 4.90 Å². The highest BCUT2D eigenvalue weighted by atomic mass is 16.3. The SMILES string of the molecule is OCCN(CC1CCCCN1)C1CCC1. The van der Waals surface area contributed by atoms with E-state index >= 15 is 0 Å². The van der Waals surface area contributed by atoms with Gasteiger partial charge in [-0.25, -0.2) is 0 Å². The molecule has 2 N–H and O–H groups in total. The molecule has 0 spiro atoms. The second-order valence-corrected chi connectivity index (χ2v) is 4.95. The average molecular weight is 212 g/mol. The Kier molecular flexibility index (Phi) is 4.42. The Morgan fingerprint density at radius 1 is 1.13 bits per heavy atom. The van der Waals surface area contributed by atoms with Gasteiger partial charge in [0.25, 0.3) is 0 Å². The number of aliphatic hydroxyl groups excluding tert-OH is 1. The molecule has 0 aromatic rings. The van der Waals surface area contributed by atoms with Crippen LogP contribution in [0.5, 0.6) is 0 Å². The van der Waals surface area contributed by atoms with Crippen LogP contribution >= 0.6 is 0 Å². The van der Waals surface area contributed by atoms with Crippen LogP contribution in [0.4, 0.5) is 0 Å². The van der Waals surface area contributed by atoms with E-state index in [0.717, 1.165) is 19.1 Å². The summed E-state index contributed by atoms with van der Waals surface area (Å²) in [6.07, 6.45) is 8.08. The quantitative estimate of drug-likeness (QED) is 0.713. The third-order valence-electron chi connectivity index (χ3n) is 3.85. The summed E-state index contributed by atoms with van der Waals surface area (Å²) in [5.41, 5.74) is 0. The summed E-state index contributed by atoms with van der Waals surface area (Å²) in [6.45, 7) is 3.50. The number of nitrogens with one attached hydrogen (secondary N) is 1. The van der Waals surface area contributed by atoms with Gasteiger partial charge in [-0.1, -0.05) is 12.8 Å². The summed E-state index contributed by atoms with van der Waals surface area (Å²) in [5.74, 6) is 0. The van der Waals surface area contributed by atoms with E-state index < -0.39 is 0 Å². The molecule has 0 aromatic heterocycles. The lowest BCUT2D eigenvalue weighted by Crippen LogP contribution is -2.50. The van der Waals surface area contributed by atoms with Crippen LogP contribution in [0.3, 0.4) is 0 Å². The fourth-order valence-corrected chi connectivity index (χ4v) is 2.67. The minimum atomic E-state index is 0.309. The van der Waals surface area contributed by atoms with E-state index in [2.05, 4.69) is 10.2 Å². The normalized spacial score (nSPS) is 28.0. The van der Waals surface area contributed by atoms with Crippen LogP contribution in [0.25, 0.3) is 0 Å². The van der Waals surface area contributed by atoms with Crippen LogP contribution in [0.1, 0.15) is 38.5 Å². The average Bonchev–Trinajstić information content (AvgIpc) is 2.17. The lowest BCUT2D eigenvalue weighted by molar-refractivity contribution is 0.0871. The molecule has 15 heavy (non-hydrogen) atoms. The molecule has 1 saturated carbocycles. The third-order valence-corrected chi connectivity index (χ3v) is 3.85. The van der Waals surface area contributed by atoms with E-state index in [9.17, 15) is 0 Å². The Hall–Kier alpha value is -0.120. The van der Waals surface area contributed by atoms with E-state index in [-0.39, 0.29) is 0 Å². The molecule has 88 valence electrons. The molecule has 2 rings (SSSR count). The summed E-state index contributed by atoms with van der Waals surface area (Å²) in [7, 11) is 0. The fourth-order valence-electron chi connectivity index (χ4n) is 2.67. The first-order valence-electron chi connectivity index (χ1n) is 6.48. The standard InChI is InChI=1S/C12H24N2O/c15-9-8-14(12-5-3-6-12)10-11-4-1-2-7-13-11/h11-13,15H,1-10H2. The Morgan fingerprint density at radius 3 is 2.53 bits per heavy atom. The second kappa shape index (κ2) is 5.83. The van der Waals surface area contributed by atoms with Gasteiger partial charge in [0.2, 0.25) is 0 Å². The molecule has 3 nitrogen and oxygen atoms in total. The van der Waals surface area contributed by atoms with Crippen molar-refractivity contribution in [1.82, 2.24) is 10.2 Å². The van der Waals surface area contributed by atoms with Crippen molar-refractivity contribution in [3.63, 3.8) is 0 Å². The van der Waals surface area contributed by atoms with Crippen molar-refractivity contribution >= 4 is 0 Å². The monoisotopic (exact) mass is 212 g/mol. The van der Waals surface area contributed by atoms with Crippen molar-refractivity contribution in [1.29, 1.82) is 0 Å². The molecule has 1 aliphatic carbocycles. The van der Waals surface area contributed by atoms with Gasteiger partial charge < -0.3 is 10.4 Å². The van der Waals surface area contributed by atoms with Crippen LogP contribution in [0.15, 0.2) is 0 Å². The summed E-state index contributed by atoms with van der Waals surface area (Å²) in [5, 5.41) is 12.7. The number of nitrogens with zero attached hydrogens (tertiary/aromatic N) is 1. The van der Waals surface area contributed by atoms with Gasteiger partial charge in [0.1, 0.15) is 0 Å². The molecule has 1 saturated heterocycles. The molecule has 1 heterocycles. The largest absolute Gasteiger partial charge is 0.395 e. The van der Waals surface area contributed by atoms with E-state index in [0.29, 0.717) is 12.6 Å². The van der Waals surface area contributed by atoms with Crippen molar-refractivity contribution < 1.29 is 5.11 Å². The van der Waals surface area contributed by atoms with Crippen molar-refractivity contribution in [2.75, 3.05) is 26.2 Å². The lowest BCUT2D eigenvalue weighted by atomic mass is 9.90. The Bertz CT molecular complexity index is 176. The van der Waals surface area contributed by atoms with Crippen molar-refractivity contribution in [3.05, 3.63) is 0 Å². The molecule has 2 aliphatic rings. The van der Waals surface area contributed by atoms with E-state index in [1.165, 1.54) is 45.1 Å². The van der Waals surface area contributed by atoms with Crippen LogP contribution in [-0.2, 0) is 0 Å². The summed E-state index contributed by atoms with van der Waals surface area (Å²) >= 11 is 0. The van der Waals surface area contributed by atoms with Gasteiger partial charge in [-0.2, -0.15) is 0 Å². The number of hydrogen-bond donors (Lipinski definition) is 2. The Morgan fingerprint density at radius 2 is 2.00 bits per heavy atom. The first-order valence-corrected chi connectivity index (χ1v) is 6.48. The summed E-state index contributed by atoms with van der Waals surface area (Å²) in [6, 6.07) is 1.44. The maximum absolute atomic E-state index is 9.07. The second-order valence-electron chi connectivity index (χ2n) is 4.95. The first-order chi connectivity index (χ1) is 7.40. The molecular formula is C12H24N2O. The van der Waals surface area contributed by atoms with Crippen LogP contribution in [0, 0.1) is 0 Å². The summed E-state index contributed by atoms with van der Waals surface area (Å²) < 4.78 is 0. The van der Waals surface area contributed by atoms with Crippen LogP contribution in [0.2, 0.25) is 0 Å². The highest BCUT2D eigenvalue weighted by Gasteiger charge is 2.26. The number of rotatable bonds is 5. The van der Waals surface area contributed by atoms with E-state index in [1.807, 2.05) is 0 Å². The zero-order chi connectivity index (χ0) is 10.5. The number of hydrogen-bond acceptors (Lipinski definition) is 3. The van der Waals surface area contributed by atoms with Gasteiger partial charge in [0.15, 0.2) is 0 Å². The molecule has 0 bridgehead atoms. The molecule has 0 amide bonds. The minimum Gasteiger partial charge on any atom is -0.395 e. The molecule has 1 unspecified atom stereocenters. The van der Waals surface area contributed by atoms with Crippen LogP contribution < -0.4 is 5.32 Å². The van der Waals surface area contributed by atoms with Gasteiger partial charge in [-0.05, 0) is 32.2 Å². The van der Waals surface area contributed by atoms with Gasteiger partial charge >= 0.3 is 0 Å². The van der Waals surface area contributed by atoms with Crippen molar-refractivity contribution in [2.24, 2.45) is 0 Å². The predicted octanol–water partition coefficient (Wildman–Crippen LogP) is 0.975. The highest BCUT2D eigenvalue weighted by Crippen LogP contribution is 2.25. The third kappa shape index (κ3) is 3.16. The molecule has 3 heteroatoms. The number of aliphatic hydroxyl groups is 1. The van der Waals surface area contributed by atoms with Gasteiger partial charge in [0.05, 0.1) is 6.61 Å². The number of piperidine rings is 1. The fraction of sp³-hybridized carbons (Fsp3) is 1.00. The summed E-state index contributed by atoms with van der Waals surface area (Å²) in [4.78, 5) is 2.49. The molecule has 0 aromatic carbocycles. The van der Waals surface area contributed by atoms with Crippen molar-refractivity contribution in [2.45, 2.75) is 50.6 Å². The molecule has 2 fully saturated rings. The molecule has 1 atom stereocenters. The van der Waals surface area contributed by atoms with Crippen molar-refractivity contribution in [3.8, 4) is 0 Å². The lowest BCUT2D eigenvalue weighted by Gasteiger charge is -2.40.